The van der Waals surface area contributed by atoms with E-state index in [4.69, 9.17) is 4.98 Å². The number of benzene rings is 2. The number of hydrogen-bond donors (Lipinski definition) is 2. The molecule has 0 radical (unpaired) electrons. The van der Waals surface area contributed by atoms with Gasteiger partial charge in [0.1, 0.15) is 4.90 Å². The molecule has 1 spiro atoms. The van der Waals surface area contributed by atoms with Gasteiger partial charge < -0.3 is 15.5 Å². The fourth-order valence-corrected chi connectivity index (χ4v) is 7.11. The molecule has 3 aliphatic rings. The summed E-state index contributed by atoms with van der Waals surface area (Å²) in [4.78, 5) is 16.2. The summed E-state index contributed by atoms with van der Waals surface area (Å²) in [5, 5.41) is 7.43. The van der Waals surface area contributed by atoms with Crippen molar-refractivity contribution in [3.8, 4) is 0 Å². The molecule has 2 aromatic carbocycles. The van der Waals surface area contributed by atoms with Gasteiger partial charge in [-0.05, 0) is 49.2 Å². The van der Waals surface area contributed by atoms with Crippen molar-refractivity contribution in [3.63, 3.8) is 0 Å². The zero-order valence-electron chi connectivity index (χ0n) is 20.3. The molecule has 2 fully saturated rings. The molecule has 188 valence electrons. The Morgan fingerprint density at radius 2 is 1.73 bits per heavy atom. The van der Waals surface area contributed by atoms with Crippen LogP contribution < -0.4 is 19.8 Å². The summed E-state index contributed by atoms with van der Waals surface area (Å²) in [6.07, 6.45) is 5.29. The predicted octanol–water partition coefficient (Wildman–Crippen LogP) is 3.42. The van der Waals surface area contributed by atoms with Crippen LogP contribution in [0.3, 0.4) is 0 Å². The number of aromatic nitrogens is 3. The number of rotatable bonds is 5. The van der Waals surface area contributed by atoms with Crippen LogP contribution in [0.4, 0.5) is 23.1 Å². The molecular weight excluding hydrogens is 486 g/mol. The van der Waals surface area contributed by atoms with Crippen molar-refractivity contribution >= 4 is 44.1 Å². The largest absolute Gasteiger partial charge is 0.369 e. The quantitative estimate of drug-likeness (QED) is 0.419. The summed E-state index contributed by atoms with van der Waals surface area (Å²) < 4.78 is 29.4. The van der Waals surface area contributed by atoms with Crippen molar-refractivity contribution in [1.29, 1.82) is 0 Å². The number of anilines is 4. The number of sulfonamides is 1. The van der Waals surface area contributed by atoms with Gasteiger partial charge in [-0.3, -0.25) is 4.98 Å². The number of pyridine rings is 1. The van der Waals surface area contributed by atoms with Gasteiger partial charge in [0.15, 0.2) is 5.82 Å². The molecule has 2 aromatic heterocycles. The minimum atomic E-state index is -3.88. The molecule has 4 heterocycles. The van der Waals surface area contributed by atoms with Crippen molar-refractivity contribution in [2.24, 2.45) is 0 Å². The van der Waals surface area contributed by atoms with Crippen LogP contribution in [-0.2, 0) is 15.4 Å². The third-order valence-electron chi connectivity index (χ3n) is 7.65. The molecule has 0 bridgehead atoms. The summed E-state index contributed by atoms with van der Waals surface area (Å²) in [5.41, 5.74) is 3.22. The standard InChI is InChI=1S/C27H27N7O2S/c35-37(36,23-5-1-3-19-4-2-12-29-24(19)23)34-18-27(10-11-27)22-17-30-26(32-25(22)34)31-20-6-8-21(9-7-20)33-15-13-28-14-16-33/h1-9,12,17,28H,10-11,13-16,18H2,(H,30,31,32). The minimum absolute atomic E-state index is 0.191. The van der Waals surface area contributed by atoms with Crippen molar-refractivity contribution < 1.29 is 8.42 Å². The van der Waals surface area contributed by atoms with Gasteiger partial charge in [-0.15, -0.1) is 0 Å². The molecule has 1 saturated heterocycles. The fourth-order valence-electron chi connectivity index (χ4n) is 5.42. The first kappa shape index (κ1) is 22.4. The van der Waals surface area contributed by atoms with E-state index in [1.165, 1.54) is 9.99 Å². The summed E-state index contributed by atoms with van der Waals surface area (Å²) in [6.45, 7) is 4.32. The Kier molecular flexibility index (Phi) is 5.09. The monoisotopic (exact) mass is 513 g/mol. The zero-order chi connectivity index (χ0) is 25.0. The van der Waals surface area contributed by atoms with Crippen LogP contribution in [-0.4, -0.2) is 56.1 Å². The summed E-state index contributed by atoms with van der Waals surface area (Å²) in [6, 6.07) is 17.1. The van der Waals surface area contributed by atoms with E-state index in [-0.39, 0.29) is 10.3 Å². The molecule has 0 atom stereocenters. The molecule has 0 amide bonds. The summed E-state index contributed by atoms with van der Waals surface area (Å²) >= 11 is 0. The number of piperazine rings is 1. The van der Waals surface area contributed by atoms with E-state index < -0.39 is 10.0 Å². The maximum Gasteiger partial charge on any atom is 0.267 e. The molecule has 9 nitrogen and oxygen atoms in total. The number of nitrogens with zero attached hydrogens (tertiary/aromatic N) is 5. The maximum atomic E-state index is 14.0. The molecule has 10 heteroatoms. The number of nitrogens with one attached hydrogen (secondary N) is 2. The molecule has 4 aromatic rings. The van der Waals surface area contributed by atoms with Gasteiger partial charge in [0, 0.05) is 72.9 Å². The van der Waals surface area contributed by atoms with E-state index >= 15 is 0 Å². The third-order valence-corrected chi connectivity index (χ3v) is 9.41. The first-order valence-electron chi connectivity index (χ1n) is 12.6. The smallest absolute Gasteiger partial charge is 0.267 e. The second-order valence-corrected chi connectivity index (χ2v) is 11.8. The molecule has 37 heavy (non-hydrogen) atoms. The highest BCUT2D eigenvalue weighted by Crippen LogP contribution is 2.57. The highest BCUT2D eigenvalue weighted by molar-refractivity contribution is 7.93. The van der Waals surface area contributed by atoms with Crippen molar-refractivity contribution in [2.45, 2.75) is 23.2 Å². The highest BCUT2D eigenvalue weighted by Gasteiger charge is 2.55. The zero-order valence-corrected chi connectivity index (χ0v) is 21.1. The molecule has 1 saturated carbocycles. The normalized spacial score (nSPS) is 18.3. The van der Waals surface area contributed by atoms with E-state index in [0.717, 1.165) is 55.7 Å². The van der Waals surface area contributed by atoms with E-state index in [1.54, 1.807) is 24.5 Å². The Balaban J connectivity index is 1.21. The maximum absolute atomic E-state index is 14.0. The van der Waals surface area contributed by atoms with E-state index in [1.807, 2.05) is 30.3 Å². The Morgan fingerprint density at radius 3 is 2.51 bits per heavy atom. The lowest BCUT2D eigenvalue weighted by Crippen LogP contribution is -2.43. The topological polar surface area (TPSA) is 103 Å². The third kappa shape index (κ3) is 3.79. The lowest BCUT2D eigenvalue weighted by molar-refractivity contribution is 0.589. The Labute approximate surface area is 215 Å². The number of hydrogen-bond acceptors (Lipinski definition) is 8. The predicted molar refractivity (Wildman–Crippen MR) is 144 cm³/mol. The first-order chi connectivity index (χ1) is 18.0. The number of fused-ring (bicyclic) bond motifs is 3. The molecule has 2 N–H and O–H groups in total. The molecular formula is C27H27N7O2S. The van der Waals surface area contributed by atoms with Crippen LogP contribution in [0.25, 0.3) is 10.9 Å². The van der Waals surface area contributed by atoms with Crippen molar-refractivity contribution in [2.75, 3.05) is 47.2 Å². The van der Waals surface area contributed by atoms with Gasteiger partial charge >= 0.3 is 0 Å². The van der Waals surface area contributed by atoms with Crippen LogP contribution in [0.15, 0.2) is 71.9 Å². The van der Waals surface area contributed by atoms with Crippen LogP contribution in [0.5, 0.6) is 0 Å². The average Bonchev–Trinajstić information content (AvgIpc) is 3.65. The summed E-state index contributed by atoms with van der Waals surface area (Å²) in [5.74, 6) is 0.836. The molecule has 1 aliphatic carbocycles. The van der Waals surface area contributed by atoms with Crippen molar-refractivity contribution in [3.05, 3.63) is 72.6 Å². The SMILES string of the molecule is O=S(=O)(c1cccc2cccnc12)N1CC2(CC2)c2cnc(Nc3ccc(N4CCNCC4)cc3)nc21. The lowest BCUT2D eigenvalue weighted by Gasteiger charge is -2.29. The fraction of sp³-hybridized carbons (Fsp3) is 0.296. The minimum Gasteiger partial charge on any atom is -0.369 e. The molecule has 7 rings (SSSR count). The van der Waals surface area contributed by atoms with Gasteiger partial charge in [0.2, 0.25) is 5.95 Å². The Morgan fingerprint density at radius 1 is 0.946 bits per heavy atom. The van der Waals surface area contributed by atoms with Crippen LogP contribution >= 0.6 is 0 Å². The lowest BCUT2D eigenvalue weighted by atomic mass is 10.0. The summed E-state index contributed by atoms with van der Waals surface area (Å²) in [7, 11) is -3.88. The number of para-hydroxylation sites is 1. The average molecular weight is 514 g/mol. The molecule has 2 aliphatic heterocycles. The second-order valence-electron chi connectivity index (χ2n) is 9.96. The van der Waals surface area contributed by atoms with Crippen LogP contribution in [0, 0.1) is 0 Å². The van der Waals surface area contributed by atoms with E-state index in [0.29, 0.717) is 23.8 Å². The Hall–Kier alpha value is -3.76. The van der Waals surface area contributed by atoms with E-state index in [9.17, 15) is 8.42 Å². The first-order valence-corrected chi connectivity index (χ1v) is 14.0. The van der Waals surface area contributed by atoms with Gasteiger partial charge in [-0.2, -0.15) is 4.98 Å². The van der Waals surface area contributed by atoms with Crippen LogP contribution in [0.2, 0.25) is 0 Å². The molecule has 0 unspecified atom stereocenters. The van der Waals surface area contributed by atoms with Crippen LogP contribution in [0.1, 0.15) is 18.4 Å². The van der Waals surface area contributed by atoms with Gasteiger partial charge in [-0.25, -0.2) is 17.7 Å². The van der Waals surface area contributed by atoms with Gasteiger partial charge in [-0.1, -0.05) is 18.2 Å². The second kappa shape index (κ2) is 8.39. The van der Waals surface area contributed by atoms with Gasteiger partial charge in [0.25, 0.3) is 10.0 Å². The van der Waals surface area contributed by atoms with Gasteiger partial charge in [0.05, 0.1) is 5.52 Å². The Bertz CT molecular complexity index is 1590. The van der Waals surface area contributed by atoms with E-state index in [2.05, 4.69) is 37.6 Å². The van der Waals surface area contributed by atoms with Crippen molar-refractivity contribution in [1.82, 2.24) is 20.3 Å². The highest BCUT2D eigenvalue weighted by atomic mass is 32.2.